The minimum absolute atomic E-state index is 0.680. The van der Waals surface area contributed by atoms with E-state index >= 15 is 0 Å². The van der Waals surface area contributed by atoms with E-state index in [1.165, 1.54) is 0 Å². The number of piperidine rings is 1. The van der Waals surface area contributed by atoms with Crippen LogP contribution in [0.25, 0.3) is 0 Å². The summed E-state index contributed by atoms with van der Waals surface area (Å²) in [5, 5.41) is 11.5. The van der Waals surface area contributed by atoms with Crippen LogP contribution in [0.3, 0.4) is 0 Å². The standard InChI is InChI=1S/C9H16N6/c1-10-7-8-3-5-15(6-4-8)9-11-12-13-14(9)2/h8H,1,3-7H2,2H3. The first-order valence-electron chi connectivity index (χ1n) is 5.21. The second-order valence-electron chi connectivity index (χ2n) is 3.94. The molecule has 1 aliphatic rings. The van der Waals surface area contributed by atoms with Crippen molar-refractivity contribution in [3.63, 3.8) is 0 Å². The number of hydrogen-bond acceptors (Lipinski definition) is 5. The molecule has 2 heterocycles. The van der Waals surface area contributed by atoms with E-state index < -0.39 is 0 Å². The lowest BCUT2D eigenvalue weighted by molar-refractivity contribution is 0.410. The van der Waals surface area contributed by atoms with Gasteiger partial charge in [0.25, 0.3) is 0 Å². The number of nitrogens with zero attached hydrogens (tertiary/aromatic N) is 6. The molecule has 1 aromatic heterocycles. The van der Waals surface area contributed by atoms with Crippen LogP contribution in [0.4, 0.5) is 5.95 Å². The topological polar surface area (TPSA) is 59.2 Å². The van der Waals surface area contributed by atoms with Gasteiger partial charge in [-0.1, -0.05) is 5.10 Å². The lowest BCUT2D eigenvalue weighted by Crippen LogP contribution is -2.36. The van der Waals surface area contributed by atoms with Gasteiger partial charge >= 0.3 is 0 Å². The Balaban J connectivity index is 1.94. The SMILES string of the molecule is C=NCC1CCN(c2nnnn2C)CC1. The van der Waals surface area contributed by atoms with E-state index in [0.717, 1.165) is 38.4 Å². The summed E-state index contributed by atoms with van der Waals surface area (Å²) in [7, 11) is 1.87. The lowest BCUT2D eigenvalue weighted by atomic mass is 9.97. The maximum Gasteiger partial charge on any atom is 0.245 e. The van der Waals surface area contributed by atoms with Gasteiger partial charge in [0.2, 0.25) is 5.95 Å². The molecule has 0 amide bonds. The minimum Gasteiger partial charge on any atom is -0.340 e. The van der Waals surface area contributed by atoms with Gasteiger partial charge in [0.1, 0.15) is 0 Å². The quantitative estimate of drug-likeness (QED) is 0.662. The Labute approximate surface area is 89.0 Å². The van der Waals surface area contributed by atoms with E-state index in [4.69, 9.17) is 0 Å². The van der Waals surface area contributed by atoms with Crippen LogP contribution in [0.2, 0.25) is 0 Å². The molecule has 6 nitrogen and oxygen atoms in total. The van der Waals surface area contributed by atoms with Crippen molar-refractivity contribution >= 4 is 12.7 Å². The molecule has 1 fully saturated rings. The van der Waals surface area contributed by atoms with Crippen LogP contribution in [-0.4, -0.2) is 46.6 Å². The highest BCUT2D eigenvalue weighted by Crippen LogP contribution is 2.20. The zero-order valence-electron chi connectivity index (χ0n) is 9.00. The van der Waals surface area contributed by atoms with Gasteiger partial charge < -0.3 is 9.89 Å². The van der Waals surface area contributed by atoms with Crippen molar-refractivity contribution in [1.29, 1.82) is 0 Å². The third-order valence-corrected chi connectivity index (χ3v) is 2.88. The van der Waals surface area contributed by atoms with Gasteiger partial charge in [-0.15, -0.1) is 0 Å². The number of tetrazole rings is 1. The Hall–Kier alpha value is -1.46. The maximum atomic E-state index is 4.00. The molecule has 1 aliphatic heterocycles. The summed E-state index contributed by atoms with van der Waals surface area (Å²) < 4.78 is 1.71. The van der Waals surface area contributed by atoms with E-state index in [2.05, 4.69) is 32.1 Å². The minimum atomic E-state index is 0.680. The predicted molar refractivity (Wildman–Crippen MR) is 58.2 cm³/mol. The van der Waals surface area contributed by atoms with E-state index in [1.54, 1.807) is 4.68 Å². The molecule has 0 spiro atoms. The lowest BCUT2D eigenvalue weighted by Gasteiger charge is -2.30. The number of aromatic nitrogens is 4. The van der Waals surface area contributed by atoms with E-state index in [-0.39, 0.29) is 0 Å². The van der Waals surface area contributed by atoms with Crippen LogP contribution in [0.15, 0.2) is 4.99 Å². The smallest absolute Gasteiger partial charge is 0.245 e. The zero-order valence-corrected chi connectivity index (χ0v) is 9.00. The molecule has 0 bridgehead atoms. The Morgan fingerprint density at radius 2 is 2.20 bits per heavy atom. The van der Waals surface area contributed by atoms with E-state index in [1.807, 2.05) is 7.05 Å². The molecule has 0 saturated carbocycles. The van der Waals surface area contributed by atoms with Crippen LogP contribution >= 0.6 is 0 Å². The molecule has 0 aromatic carbocycles. The van der Waals surface area contributed by atoms with Gasteiger partial charge in [-0.25, -0.2) is 4.68 Å². The first kappa shape index (κ1) is 10.1. The highest BCUT2D eigenvalue weighted by atomic mass is 15.6. The fourth-order valence-electron chi connectivity index (χ4n) is 1.99. The second-order valence-corrected chi connectivity index (χ2v) is 3.94. The summed E-state index contributed by atoms with van der Waals surface area (Å²) in [5.41, 5.74) is 0. The number of aliphatic imine (C=N–C) groups is 1. The molecule has 1 saturated heterocycles. The largest absolute Gasteiger partial charge is 0.340 e. The summed E-state index contributed by atoms with van der Waals surface area (Å²) in [6.45, 7) is 6.43. The van der Waals surface area contributed by atoms with Gasteiger partial charge in [0.05, 0.1) is 0 Å². The number of anilines is 1. The third-order valence-electron chi connectivity index (χ3n) is 2.88. The van der Waals surface area contributed by atoms with Gasteiger partial charge in [-0.3, -0.25) is 0 Å². The van der Waals surface area contributed by atoms with Crippen LogP contribution in [0, 0.1) is 5.92 Å². The molecule has 1 aromatic rings. The predicted octanol–water partition coefficient (Wildman–Crippen LogP) is 0.127. The second kappa shape index (κ2) is 4.37. The van der Waals surface area contributed by atoms with Crippen LogP contribution in [-0.2, 0) is 7.05 Å². The summed E-state index contributed by atoms with van der Waals surface area (Å²) >= 11 is 0. The molecule has 6 heteroatoms. The molecule has 0 atom stereocenters. The molecule has 0 aliphatic carbocycles. The average molecular weight is 208 g/mol. The number of aryl methyl sites for hydroxylation is 1. The molecule has 2 rings (SSSR count). The van der Waals surface area contributed by atoms with Gasteiger partial charge in [-0.05, 0) is 35.9 Å². The number of hydrogen-bond donors (Lipinski definition) is 0. The third kappa shape index (κ3) is 2.14. The fraction of sp³-hybridized carbons (Fsp3) is 0.778. The van der Waals surface area contributed by atoms with E-state index in [0.29, 0.717) is 5.92 Å². The summed E-state index contributed by atoms with van der Waals surface area (Å²) in [6.07, 6.45) is 2.29. The van der Waals surface area contributed by atoms with Crippen molar-refractivity contribution in [2.45, 2.75) is 12.8 Å². The average Bonchev–Trinajstić information content (AvgIpc) is 2.66. The fourth-order valence-corrected chi connectivity index (χ4v) is 1.99. The van der Waals surface area contributed by atoms with Crippen molar-refractivity contribution in [2.24, 2.45) is 18.0 Å². The monoisotopic (exact) mass is 208 g/mol. The summed E-state index contributed by atoms with van der Waals surface area (Å²) in [5.74, 6) is 1.54. The Kier molecular flexibility index (Phi) is 2.94. The Morgan fingerprint density at radius 1 is 1.47 bits per heavy atom. The molecule has 0 N–H and O–H groups in total. The van der Waals surface area contributed by atoms with E-state index in [9.17, 15) is 0 Å². The maximum absolute atomic E-state index is 4.00. The number of rotatable bonds is 3. The van der Waals surface area contributed by atoms with Gasteiger partial charge in [0, 0.05) is 26.7 Å². The van der Waals surface area contributed by atoms with Crippen LogP contribution in [0.1, 0.15) is 12.8 Å². The van der Waals surface area contributed by atoms with Gasteiger partial charge in [-0.2, -0.15) is 0 Å². The summed E-state index contributed by atoms with van der Waals surface area (Å²) in [6, 6.07) is 0. The Bertz CT molecular complexity index is 325. The normalized spacial score (nSPS) is 18.1. The zero-order chi connectivity index (χ0) is 10.7. The molecule has 0 unspecified atom stereocenters. The summed E-state index contributed by atoms with van der Waals surface area (Å²) in [4.78, 5) is 6.17. The first-order chi connectivity index (χ1) is 7.31. The van der Waals surface area contributed by atoms with Crippen molar-refractivity contribution < 1.29 is 0 Å². The van der Waals surface area contributed by atoms with Crippen molar-refractivity contribution in [2.75, 3.05) is 24.5 Å². The van der Waals surface area contributed by atoms with Crippen LogP contribution < -0.4 is 4.90 Å². The molecule has 82 valence electrons. The first-order valence-corrected chi connectivity index (χ1v) is 5.21. The molecule has 0 radical (unpaired) electrons. The van der Waals surface area contributed by atoms with Gasteiger partial charge in [0.15, 0.2) is 0 Å². The molecule has 15 heavy (non-hydrogen) atoms. The molecular formula is C9H16N6. The molecular weight excluding hydrogens is 192 g/mol. The highest BCUT2D eigenvalue weighted by Gasteiger charge is 2.21. The Morgan fingerprint density at radius 3 is 2.73 bits per heavy atom. The van der Waals surface area contributed by atoms with Crippen molar-refractivity contribution in [1.82, 2.24) is 20.2 Å². The van der Waals surface area contributed by atoms with Crippen molar-refractivity contribution in [3.8, 4) is 0 Å². The van der Waals surface area contributed by atoms with Crippen LogP contribution in [0.5, 0.6) is 0 Å². The highest BCUT2D eigenvalue weighted by molar-refractivity contribution is 5.28. The van der Waals surface area contributed by atoms with Crippen molar-refractivity contribution in [3.05, 3.63) is 0 Å².